The third-order valence-corrected chi connectivity index (χ3v) is 12.6. The Hall–Kier alpha value is -2.20. The van der Waals surface area contributed by atoms with Crippen LogP contribution in [0.2, 0.25) is 0 Å². The minimum atomic E-state index is -1.56. The average molecular weight is 703 g/mol. The number of aliphatic hydroxyl groups excluding tert-OH is 3. The maximum absolute atomic E-state index is 12.4. The highest BCUT2D eigenvalue weighted by molar-refractivity contribution is 6.01. The Morgan fingerprint density at radius 1 is 0.820 bits per heavy atom. The predicted molar refractivity (Wildman–Crippen MR) is 193 cm³/mol. The molecule has 0 unspecified atom stereocenters. The minimum absolute atomic E-state index is 0.00912. The van der Waals surface area contributed by atoms with E-state index in [9.17, 15) is 34.5 Å². The number of hydrogen-bond donors (Lipinski definition) is 4. The third kappa shape index (κ3) is 10.4. The van der Waals surface area contributed by atoms with Gasteiger partial charge in [0.1, 0.15) is 18.8 Å². The fourth-order valence-corrected chi connectivity index (χ4v) is 9.77. The number of carbonyl (C=O) groups excluding carboxylic acids is 4. The number of rotatable bonds is 19. The average Bonchev–Trinajstić information content (AvgIpc) is 3.36. The van der Waals surface area contributed by atoms with Crippen molar-refractivity contribution in [3.05, 3.63) is 23.8 Å². The summed E-state index contributed by atoms with van der Waals surface area (Å²) in [7, 11) is 0. The number of fused-ring (bicyclic) bond motifs is 5. The number of esters is 2. The van der Waals surface area contributed by atoms with Crippen LogP contribution >= 0.6 is 0 Å². The Bertz CT molecular complexity index is 1190. The molecule has 9 nitrogen and oxygen atoms in total. The van der Waals surface area contributed by atoms with Crippen LogP contribution in [0.5, 0.6) is 0 Å². The number of aliphatic hydroxyl groups is 4. The first-order valence-electron chi connectivity index (χ1n) is 19.7. The van der Waals surface area contributed by atoms with E-state index < -0.39 is 48.1 Å². The summed E-state index contributed by atoms with van der Waals surface area (Å²) in [5.41, 5.74) is -1.54. The Kier molecular flexibility index (Phi) is 17.0. The Labute approximate surface area is 300 Å². The van der Waals surface area contributed by atoms with Gasteiger partial charge in [-0.25, -0.2) is 4.79 Å². The van der Waals surface area contributed by atoms with Gasteiger partial charge in [0.25, 0.3) is 0 Å². The van der Waals surface area contributed by atoms with E-state index in [0.717, 1.165) is 44.1 Å². The molecule has 0 spiro atoms. The molecule has 4 aliphatic rings. The first-order chi connectivity index (χ1) is 23.9. The molecule has 0 aromatic carbocycles. The lowest BCUT2D eigenvalue weighted by Crippen LogP contribution is -2.61. The van der Waals surface area contributed by atoms with Crippen molar-refractivity contribution in [1.29, 1.82) is 0 Å². The zero-order valence-corrected chi connectivity index (χ0v) is 31.1. The van der Waals surface area contributed by atoms with Crippen molar-refractivity contribution in [2.75, 3.05) is 13.2 Å². The Morgan fingerprint density at radius 2 is 1.38 bits per heavy atom. The van der Waals surface area contributed by atoms with Crippen LogP contribution in [0.25, 0.3) is 0 Å². The van der Waals surface area contributed by atoms with E-state index >= 15 is 0 Å². The van der Waals surface area contributed by atoms with E-state index in [1.165, 1.54) is 77.0 Å². The van der Waals surface area contributed by atoms with Crippen molar-refractivity contribution < 1.29 is 44.3 Å². The van der Waals surface area contributed by atoms with Gasteiger partial charge in [-0.3, -0.25) is 14.4 Å². The van der Waals surface area contributed by atoms with Gasteiger partial charge in [-0.1, -0.05) is 122 Å². The van der Waals surface area contributed by atoms with Gasteiger partial charge in [0.15, 0.2) is 11.6 Å². The van der Waals surface area contributed by atoms with E-state index in [4.69, 9.17) is 5.11 Å². The summed E-state index contributed by atoms with van der Waals surface area (Å²) < 4.78 is 4.39. The standard InChI is InChI=1S/C21H28O5.C20H38O4/c1-19-7-5-13(23)9-12(19)3-4-14-15-6-8-21(26,17(25)11-22)20(15,2)10-16(24)18(14)19;1-2-3-4-5-6-7-8-9-10-11-12-13-14-15-16-17-19(22)24-20(23)18-21/h5,7,9,14-16,18,22,24,26H,3-4,6,8,10-11H2,1-2H3;21H,2-18H2,1H3/t14-,15-,16-,18+,19-,20-,21-;/m0./s1. The molecule has 0 aliphatic heterocycles. The zero-order chi connectivity index (χ0) is 36.8. The van der Waals surface area contributed by atoms with Crippen LogP contribution < -0.4 is 0 Å². The van der Waals surface area contributed by atoms with Gasteiger partial charge in [-0.2, -0.15) is 0 Å². The van der Waals surface area contributed by atoms with Gasteiger partial charge in [0.05, 0.1) is 6.10 Å². The van der Waals surface area contributed by atoms with Gasteiger partial charge in [0, 0.05) is 23.2 Å². The molecule has 0 radical (unpaired) electrons. The van der Waals surface area contributed by atoms with Crippen molar-refractivity contribution in [2.24, 2.45) is 28.6 Å². The molecule has 0 aromatic rings. The van der Waals surface area contributed by atoms with Gasteiger partial charge in [-0.05, 0) is 62.5 Å². The van der Waals surface area contributed by atoms with Crippen molar-refractivity contribution in [1.82, 2.24) is 0 Å². The Morgan fingerprint density at radius 3 is 1.92 bits per heavy atom. The molecular formula is C41H66O9. The molecule has 3 saturated carbocycles. The summed E-state index contributed by atoms with van der Waals surface area (Å²) in [4.78, 5) is 46.0. The number of allylic oxidation sites excluding steroid dienone is 4. The normalized spacial score (nSPS) is 31.1. The van der Waals surface area contributed by atoms with E-state index in [1.54, 1.807) is 12.2 Å². The molecule has 4 aliphatic carbocycles. The van der Waals surface area contributed by atoms with Crippen LogP contribution in [0.15, 0.2) is 23.8 Å². The molecule has 7 atom stereocenters. The molecule has 50 heavy (non-hydrogen) atoms. The molecule has 0 saturated heterocycles. The maximum atomic E-state index is 12.4. The van der Waals surface area contributed by atoms with Gasteiger partial charge >= 0.3 is 11.9 Å². The third-order valence-electron chi connectivity index (χ3n) is 12.6. The number of ketones is 2. The summed E-state index contributed by atoms with van der Waals surface area (Å²) in [6.07, 6.45) is 27.1. The second kappa shape index (κ2) is 20.1. The number of unbranched alkanes of at least 4 members (excludes halogenated alkanes) is 14. The first kappa shape index (κ1) is 42.2. The highest BCUT2D eigenvalue weighted by atomic mass is 16.6. The smallest absolute Gasteiger partial charge is 0.339 e. The van der Waals surface area contributed by atoms with Crippen LogP contribution in [0.1, 0.15) is 156 Å². The summed E-state index contributed by atoms with van der Waals surface area (Å²) in [6, 6.07) is 0. The van der Waals surface area contributed by atoms with Gasteiger partial charge in [0.2, 0.25) is 0 Å². The minimum Gasteiger partial charge on any atom is -0.393 e. The largest absolute Gasteiger partial charge is 0.393 e. The van der Waals surface area contributed by atoms with Crippen molar-refractivity contribution in [2.45, 2.75) is 167 Å². The van der Waals surface area contributed by atoms with Gasteiger partial charge < -0.3 is 25.2 Å². The summed E-state index contributed by atoms with van der Waals surface area (Å²) >= 11 is 0. The molecule has 0 heterocycles. The lowest BCUT2D eigenvalue weighted by molar-refractivity contribution is -0.178. The van der Waals surface area contributed by atoms with Crippen LogP contribution in [0, 0.1) is 28.6 Å². The molecule has 0 aromatic heterocycles. The first-order valence-corrected chi connectivity index (χ1v) is 19.7. The number of carbonyl (C=O) groups is 4. The van der Waals surface area contributed by atoms with Crippen LogP contribution in [0.3, 0.4) is 0 Å². The topological polar surface area (TPSA) is 158 Å². The zero-order valence-electron chi connectivity index (χ0n) is 31.1. The summed E-state index contributed by atoms with van der Waals surface area (Å²) in [5.74, 6) is -1.61. The second-order valence-corrected chi connectivity index (χ2v) is 15.9. The lowest BCUT2D eigenvalue weighted by atomic mass is 9.46. The molecule has 0 amide bonds. The Balaban J connectivity index is 0.000000272. The fraction of sp³-hybridized carbons (Fsp3) is 0.805. The molecule has 0 bridgehead atoms. The molecule has 4 N–H and O–H groups in total. The second-order valence-electron chi connectivity index (χ2n) is 15.9. The quantitative estimate of drug-likeness (QED) is 0.0641. The summed E-state index contributed by atoms with van der Waals surface area (Å²) in [6.45, 7) is 4.87. The molecule has 3 fully saturated rings. The van der Waals surface area contributed by atoms with E-state index in [1.807, 2.05) is 13.0 Å². The van der Waals surface area contributed by atoms with E-state index in [2.05, 4.69) is 18.6 Å². The van der Waals surface area contributed by atoms with E-state index in [0.29, 0.717) is 12.8 Å². The number of Topliss-reactive ketones (excluding diaryl/α,β-unsaturated/α-hetero) is 1. The monoisotopic (exact) mass is 702 g/mol. The SMILES string of the molecule is CCCCCCCCCCCCCCCCCC(=O)OC(=O)CO.C[C@]12C=CC(=O)C=C1CC[C@@H]1[C@@H]2[C@@H](O)C[C@@]2(C)[C@H]1CC[C@]2(O)C(=O)CO. The van der Waals surface area contributed by atoms with Crippen LogP contribution in [-0.4, -0.2) is 68.8 Å². The van der Waals surface area contributed by atoms with Crippen molar-refractivity contribution >= 4 is 23.5 Å². The van der Waals surface area contributed by atoms with Crippen molar-refractivity contribution in [3.63, 3.8) is 0 Å². The predicted octanol–water partition coefficient (Wildman–Crippen LogP) is 6.87. The molecule has 9 heteroatoms. The lowest BCUT2D eigenvalue weighted by Gasteiger charge is -2.59. The molecular weight excluding hydrogens is 636 g/mol. The van der Waals surface area contributed by atoms with Crippen LogP contribution in [-0.2, 0) is 23.9 Å². The summed E-state index contributed by atoms with van der Waals surface area (Å²) in [5, 5.41) is 40.1. The maximum Gasteiger partial charge on any atom is 0.339 e. The van der Waals surface area contributed by atoms with Gasteiger partial charge in [-0.15, -0.1) is 0 Å². The fourth-order valence-electron chi connectivity index (χ4n) is 9.77. The number of ether oxygens (including phenoxy) is 1. The van der Waals surface area contributed by atoms with Crippen molar-refractivity contribution in [3.8, 4) is 0 Å². The molecule has 284 valence electrons. The van der Waals surface area contributed by atoms with Crippen LogP contribution in [0.4, 0.5) is 0 Å². The highest BCUT2D eigenvalue weighted by Gasteiger charge is 2.67. The highest BCUT2D eigenvalue weighted by Crippen LogP contribution is 2.67. The van der Waals surface area contributed by atoms with E-state index in [-0.39, 0.29) is 35.4 Å². The number of hydrogen-bond acceptors (Lipinski definition) is 9. The molecule has 4 rings (SSSR count).